The predicted molar refractivity (Wildman–Crippen MR) is 86.4 cm³/mol. The number of ketones is 1. The Balaban J connectivity index is 1.77. The number of halogens is 1. The minimum absolute atomic E-state index is 0.0120. The van der Waals surface area contributed by atoms with Crippen LogP contribution in [-0.4, -0.2) is 28.7 Å². The van der Waals surface area contributed by atoms with Crippen LogP contribution < -0.4 is 4.90 Å². The number of carbonyl (C=O) groups is 4. The van der Waals surface area contributed by atoms with Crippen molar-refractivity contribution < 1.29 is 24.3 Å². The lowest BCUT2D eigenvalue weighted by Crippen LogP contribution is -2.46. The first-order chi connectivity index (χ1) is 11.4. The molecular formula is C17H14BrNO5. The molecule has 2 amide bonds. The van der Waals surface area contributed by atoms with Crippen LogP contribution in [0.2, 0.25) is 0 Å². The summed E-state index contributed by atoms with van der Waals surface area (Å²) in [7, 11) is 0. The number of Topliss-reactive ketones (excluding diaryl/α,β-unsaturated/α-hetero) is 1. The van der Waals surface area contributed by atoms with Gasteiger partial charge >= 0.3 is 5.97 Å². The molecule has 0 spiro atoms. The average molecular weight is 392 g/mol. The quantitative estimate of drug-likeness (QED) is 0.780. The van der Waals surface area contributed by atoms with Crippen molar-refractivity contribution in [1.82, 2.24) is 0 Å². The van der Waals surface area contributed by atoms with E-state index in [0.717, 1.165) is 11.3 Å². The van der Waals surface area contributed by atoms with Gasteiger partial charge in [0, 0.05) is 16.8 Å². The smallest absolute Gasteiger partial charge is 0.336 e. The van der Waals surface area contributed by atoms with Gasteiger partial charge in [0.05, 0.1) is 23.1 Å². The number of rotatable bonds is 2. The molecule has 1 N–H and O–H groups in total. The van der Waals surface area contributed by atoms with Gasteiger partial charge in [0.2, 0.25) is 11.8 Å². The summed E-state index contributed by atoms with van der Waals surface area (Å²) < 4.78 is 0.380. The molecule has 0 aromatic heterocycles. The summed E-state index contributed by atoms with van der Waals surface area (Å²) >= 11 is 3.15. The van der Waals surface area contributed by atoms with Crippen molar-refractivity contribution in [1.29, 1.82) is 0 Å². The van der Waals surface area contributed by atoms with E-state index in [9.17, 15) is 24.3 Å². The van der Waals surface area contributed by atoms with Crippen LogP contribution in [0.3, 0.4) is 0 Å². The summed E-state index contributed by atoms with van der Waals surface area (Å²) in [6.07, 6.45) is 1.84. The Morgan fingerprint density at radius 3 is 2.50 bits per heavy atom. The van der Waals surface area contributed by atoms with Gasteiger partial charge in [-0.1, -0.05) is 0 Å². The van der Waals surface area contributed by atoms with Crippen molar-refractivity contribution in [3.05, 3.63) is 28.2 Å². The molecule has 5 rings (SSSR count). The lowest BCUT2D eigenvalue weighted by Gasteiger charge is -2.41. The van der Waals surface area contributed by atoms with Crippen LogP contribution >= 0.6 is 15.9 Å². The second kappa shape index (κ2) is 5.24. The molecule has 3 aliphatic carbocycles. The van der Waals surface area contributed by atoms with Gasteiger partial charge in [-0.05, 0) is 52.9 Å². The highest BCUT2D eigenvalue weighted by Crippen LogP contribution is 2.52. The van der Waals surface area contributed by atoms with Crippen molar-refractivity contribution in [3.63, 3.8) is 0 Å². The zero-order chi connectivity index (χ0) is 17.2. The second-order valence-electron chi connectivity index (χ2n) is 6.65. The number of hydrogen-bond donors (Lipinski definition) is 1. The molecule has 2 bridgehead atoms. The minimum atomic E-state index is -1.14. The Labute approximate surface area is 145 Å². The predicted octanol–water partition coefficient (Wildman–Crippen LogP) is 2.25. The Hall–Kier alpha value is -2.02. The molecule has 6 nitrogen and oxygen atoms in total. The summed E-state index contributed by atoms with van der Waals surface area (Å²) in [6, 6.07) is 4.39. The Morgan fingerprint density at radius 1 is 1.12 bits per heavy atom. The second-order valence-corrected chi connectivity index (χ2v) is 7.50. The van der Waals surface area contributed by atoms with Gasteiger partial charge in [-0.15, -0.1) is 0 Å². The van der Waals surface area contributed by atoms with Gasteiger partial charge in [0.15, 0.2) is 0 Å². The lowest BCUT2D eigenvalue weighted by molar-refractivity contribution is -0.143. The minimum Gasteiger partial charge on any atom is -0.478 e. The van der Waals surface area contributed by atoms with Gasteiger partial charge in [-0.3, -0.25) is 14.4 Å². The average Bonchev–Trinajstić information content (AvgIpc) is 2.81. The van der Waals surface area contributed by atoms with Crippen LogP contribution in [0.15, 0.2) is 22.7 Å². The molecule has 1 aromatic carbocycles. The molecular weight excluding hydrogens is 378 g/mol. The van der Waals surface area contributed by atoms with Gasteiger partial charge < -0.3 is 5.11 Å². The first-order valence-electron chi connectivity index (χ1n) is 7.83. The van der Waals surface area contributed by atoms with E-state index in [1.807, 2.05) is 0 Å². The largest absolute Gasteiger partial charge is 0.478 e. The first-order valence-corrected chi connectivity index (χ1v) is 8.63. The number of hydrogen-bond acceptors (Lipinski definition) is 4. The molecule has 0 unspecified atom stereocenters. The van der Waals surface area contributed by atoms with Crippen LogP contribution in [0, 0.1) is 23.7 Å². The maximum absolute atomic E-state index is 12.8. The van der Waals surface area contributed by atoms with Gasteiger partial charge in [-0.2, -0.15) is 0 Å². The Kier molecular flexibility index (Phi) is 3.38. The van der Waals surface area contributed by atoms with Crippen LogP contribution in [0.4, 0.5) is 5.69 Å². The zero-order valence-electron chi connectivity index (χ0n) is 12.6. The van der Waals surface area contributed by atoms with Crippen LogP contribution in [0.25, 0.3) is 0 Å². The SMILES string of the molecule is O=C(O)c1cc(N2C(=O)[C@@H]3[C@H]4CC[C@H](C(=O)C4)[C@@H]3C2=O)ccc1Br. The van der Waals surface area contributed by atoms with E-state index in [-0.39, 0.29) is 40.7 Å². The normalized spacial score (nSPS) is 31.5. The number of nitrogens with zero attached hydrogens (tertiary/aromatic N) is 1. The molecule has 4 fully saturated rings. The molecule has 7 heteroatoms. The van der Waals surface area contributed by atoms with Crippen molar-refractivity contribution >= 4 is 45.2 Å². The van der Waals surface area contributed by atoms with Crippen molar-refractivity contribution in [2.24, 2.45) is 23.7 Å². The highest BCUT2D eigenvalue weighted by molar-refractivity contribution is 9.10. The standard InChI is InChI=1S/C17H14BrNO5/c18-11-4-2-8(6-10(11)17(23)24)19-15(21)13-7-1-3-9(12(20)5-7)14(13)16(19)22/h2,4,6-7,9,13-14H,1,3,5H2,(H,23,24)/t7-,9+,13+,14-/m0/s1. The van der Waals surface area contributed by atoms with E-state index in [2.05, 4.69) is 15.9 Å². The Bertz CT molecular complexity index is 804. The fourth-order valence-electron chi connectivity index (χ4n) is 4.45. The van der Waals surface area contributed by atoms with Gasteiger partial charge in [0.1, 0.15) is 5.78 Å². The number of benzene rings is 1. The number of imide groups is 1. The monoisotopic (exact) mass is 391 g/mol. The zero-order valence-corrected chi connectivity index (χ0v) is 14.2. The van der Waals surface area contributed by atoms with Gasteiger partial charge in [0.25, 0.3) is 0 Å². The topological polar surface area (TPSA) is 91.8 Å². The van der Waals surface area contributed by atoms with Gasteiger partial charge in [-0.25, -0.2) is 9.69 Å². The number of fused-ring (bicyclic) bond motifs is 2. The summed E-state index contributed by atoms with van der Waals surface area (Å²) in [5.41, 5.74) is 0.244. The third-order valence-corrected chi connectivity index (χ3v) is 6.19. The first kappa shape index (κ1) is 15.5. The molecule has 1 saturated heterocycles. The summed E-state index contributed by atoms with van der Waals surface area (Å²) in [6.45, 7) is 0. The maximum Gasteiger partial charge on any atom is 0.336 e. The third kappa shape index (κ3) is 2.00. The van der Waals surface area contributed by atoms with E-state index in [1.54, 1.807) is 6.07 Å². The Morgan fingerprint density at radius 2 is 1.83 bits per heavy atom. The fraction of sp³-hybridized carbons (Fsp3) is 0.412. The number of carboxylic acids is 1. The number of carbonyl (C=O) groups excluding carboxylic acids is 3. The number of carboxylic acid groups (broad SMARTS) is 1. The summed E-state index contributed by atoms with van der Waals surface area (Å²) in [4.78, 5) is 50.2. The molecule has 1 aliphatic heterocycles. The molecule has 124 valence electrons. The van der Waals surface area contributed by atoms with Crippen LogP contribution in [0.5, 0.6) is 0 Å². The molecule has 0 radical (unpaired) electrons. The maximum atomic E-state index is 12.8. The fourth-order valence-corrected chi connectivity index (χ4v) is 4.87. The lowest BCUT2D eigenvalue weighted by atomic mass is 9.59. The van der Waals surface area contributed by atoms with E-state index < -0.39 is 17.8 Å². The van der Waals surface area contributed by atoms with E-state index >= 15 is 0 Å². The number of anilines is 1. The molecule has 1 aromatic rings. The van der Waals surface area contributed by atoms with Crippen molar-refractivity contribution in [2.45, 2.75) is 19.3 Å². The van der Waals surface area contributed by atoms with E-state index in [0.29, 0.717) is 17.3 Å². The van der Waals surface area contributed by atoms with Crippen molar-refractivity contribution in [3.8, 4) is 0 Å². The highest BCUT2D eigenvalue weighted by atomic mass is 79.9. The highest BCUT2D eigenvalue weighted by Gasteiger charge is 2.60. The molecule has 1 heterocycles. The van der Waals surface area contributed by atoms with E-state index in [4.69, 9.17) is 0 Å². The molecule has 4 aliphatic rings. The van der Waals surface area contributed by atoms with Crippen molar-refractivity contribution in [2.75, 3.05) is 4.90 Å². The number of aromatic carboxylic acids is 1. The van der Waals surface area contributed by atoms with E-state index in [1.165, 1.54) is 12.1 Å². The molecule has 24 heavy (non-hydrogen) atoms. The third-order valence-electron chi connectivity index (χ3n) is 5.50. The molecule has 4 atom stereocenters. The number of amides is 2. The van der Waals surface area contributed by atoms with Crippen LogP contribution in [0.1, 0.15) is 29.6 Å². The summed E-state index contributed by atoms with van der Waals surface area (Å²) in [5.74, 6) is -3.18. The molecule has 3 saturated carbocycles. The van der Waals surface area contributed by atoms with Crippen LogP contribution in [-0.2, 0) is 14.4 Å². The summed E-state index contributed by atoms with van der Waals surface area (Å²) in [5, 5.41) is 9.24.